The van der Waals surface area contributed by atoms with E-state index in [9.17, 15) is 9.59 Å². The zero-order chi connectivity index (χ0) is 12.8. The van der Waals surface area contributed by atoms with Crippen molar-refractivity contribution in [2.75, 3.05) is 37.9 Å². The van der Waals surface area contributed by atoms with Gasteiger partial charge in [0.25, 0.3) is 0 Å². The van der Waals surface area contributed by atoms with Gasteiger partial charge in [-0.05, 0) is 0 Å². The largest absolute Gasteiger partial charge is 0.480 e. The van der Waals surface area contributed by atoms with Crippen LogP contribution in [0.15, 0.2) is 0 Å². The summed E-state index contributed by atoms with van der Waals surface area (Å²) in [5, 5.41) is 26.6. The molecule has 0 aromatic rings. The highest BCUT2D eigenvalue weighted by Crippen LogP contribution is 2.22. The number of carbonyl (C=O) groups excluding carboxylic acids is 1. The highest BCUT2D eigenvalue weighted by atomic mass is 32.2. The molecule has 0 aromatic carbocycles. The number of thioether (sulfide) groups is 1. The summed E-state index contributed by atoms with van der Waals surface area (Å²) in [7, 11) is 0. The number of carboxylic acids is 1. The summed E-state index contributed by atoms with van der Waals surface area (Å²) in [6, 6.07) is -1.28. The van der Waals surface area contributed by atoms with Crippen molar-refractivity contribution >= 4 is 23.8 Å². The molecular weight excluding hydrogens is 248 g/mol. The Morgan fingerprint density at radius 2 is 1.88 bits per heavy atom. The molecule has 3 N–H and O–H groups in total. The topological polar surface area (TPSA) is 101 Å². The standard InChI is InChI=1S/C9H16N2O5S/c12-3-1-10(2-4-13)9(16)11-6-17-5-7(11)8(14)15/h7,12-13H,1-6H2,(H,14,15). The average molecular weight is 264 g/mol. The Kier molecular flexibility index (Phi) is 5.52. The Labute approximate surface area is 103 Å². The Morgan fingerprint density at radius 1 is 1.29 bits per heavy atom. The van der Waals surface area contributed by atoms with Crippen molar-refractivity contribution in [2.24, 2.45) is 0 Å². The maximum atomic E-state index is 12.0. The van der Waals surface area contributed by atoms with Crippen LogP contribution in [0.1, 0.15) is 0 Å². The molecule has 1 fully saturated rings. The van der Waals surface area contributed by atoms with Gasteiger partial charge in [-0.3, -0.25) is 0 Å². The molecule has 1 saturated heterocycles. The Hall–Kier alpha value is -0.990. The van der Waals surface area contributed by atoms with E-state index in [1.54, 1.807) is 0 Å². The fourth-order valence-corrected chi connectivity index (χ4v) is 2.70. The van der Waals surface area contributed by atoms with E-state index >= 15 is 0 Å². The number of carbonyl (C=O) groups is 2. The lowest BCUT2D eigenvalue weighted by Crippen LogP contribution is -2.50. The van der Waals surface area contributed by atoms with Crippen molar-refractivity contribution in [1.29, 1.82) is 0 Å². The first-order chi connectivity index (χ1) is 8.11. The molecule has 1 aliphatic rings. The summed E-state index contributed by atoms with van der Waals surface area (Å²) in [4.78, 5) is 25.4. The second kappa shape index (κ2) is 6.67. The molecule has 1 rings (SSSR count). The van der Waals surface area contributed by atoms with Gasteiger partial charge in [-0.1, -0.05) is 0 Å². The molecule has 8 heteroatoms. The monoisotopic (exact) mass is 264 g/mol. The molecule has 0 aliphatic carbocycles. The van der Waals surface area contributed by atoms with E-state index in [4.69, 9.17) is 15.3 Å². The normalized spacial score (nSPS) is 19.4. The minimum atomic E-state index is -1.03. The number of hydrogen-bond donors (Lipinski definition) is 3. The van der Waals surface area contributed by atoms with Crippen molar-refractivity contribution in [3.05, 3.63) is 0 Å². The fraction of sp³-hybridized carbons (Fsp3) is 0.778. The molecule has 1 heterocycles. The summed E-state index contributed by atoms with van der Waals surface area (Å²) in [6.07, 6.45) is 0. The minimum Gasteiger partial charge on any atom is -0.480 e. The maximum absolute atomic E-state index is 12.0. The molecule has 0 saturated carbocycles. The van der Waals surface area contributed by atoms with E-state index in [-0.39, 0.29) is 26.3 Å². The number of aliphatic carboxylic acids is 1. The quantitative estimate of drug-likeness (QED) is 0.580. The smallest absolute Gasteiger partial charge is 0.327 e. The van der Waals surface area contributed by atoms with Crippen molar-refractivity contribution in [3.8, 4) is 0 Å². The molecular formula is C9H16N2O5S. The van der Waals surface area contributed by atoms with Crippen molar-refractivity contribution in [3.63, 3.8) is 0 Å². The minimum absolute atomic E-state index is 0.0902. The van der Waals surface area contributed by atoms with Crippen molar-refractivity contribution < 1.29 is 24.9 Å². The highest BCUT2D eigenvalue weighted by Gasteiger charge is 2.36. The molecule has 7 nitrogen and oxygen atoms in total. The summed E-state index contributed by atoms with van der Waals surface area (Å²) in [6.45, 7) is -0.255. The summed E-state index contributed by atoms with van der Waals surface area (Å²) >= 11 is 1.37. The van der Waals surface area contributed by atoms with E-state index < -0.39 is 18.0 Å². The Balaban J connectivity index is 2.68. The van der Waals surface area contributed by atoms with Gasteiger partial charge < -0.3 is 25.1 Å². The molecule has 2 amide bonds. The summed E-state index contributed by atoms with van der Waals surface area (Å²) < 4.78 is 0. The number of nitrogens with zero attached hydrogens (tertiary/aromatic N) is 2. The molecule has 1 atom stereocenters. The molecule has 0 bridgehead atoms. The SMILES string of the molecule is O=C(O)C1CSCN1C(=O)N(CCO)CCO. The van der Waals surface area contributed by atoms with Crippen LogP contribution in [0.4, 0.5) is 4.79 Å². The predicted molar refractivity (Wildman–Crippen MR) is 61.7 cm³/mol. The fourth-order valence-electron chi connectivity index (χ4n) is 1.56. The molecule has 0 spiro atoms. The van der Waals surface area contributed by atoms with Crippen LogP contribution in [0.2, 0.25) is 0 Å². The number of carboxylic acid groups (broad SMARTS) is 1. The van der Waals surface area contributed by atoms with Crippen LogP contribution >= 0.6 is 11.8 Å². The van der Waals surface area contributed by atoms with Crippen molar-refractivity contribution in [2.45, 2.75) is 6.04 Å². The summed E-state index contributed by atoms with van der Waals surface area (Å²) in [5.74, 6) is -0.340. The molecule has 0 radical (unpaired) electrons. The van der Waals surface area contributed by atoms with E-state index in [0.717, 1.165) is 0 Å². The first-order valence-electron chi connectivity index (χ1n) is 5.19. The van der Waals surface area contributed by atoms with Gasteiger partial charge in [-0.25, -0.2) is 9.59 Å². The first-order valence-corrected chi connectivity index (χ1v) is 6.35. The number of amides is 2. The van der Waals surface area contributed by atoms with Crippen LogP contribution in [-0.4, -0.2) is 81.1 Å². The maximum Gasteiger partial charge on any atom is 0.327 e. The van der Waals surface area contributed by atoms with Crippen LogP contribution in [-0.2, 0) is 4.79 Å². The van der Waals surface area contributed by atoms with Crippen LogP contribution in [0, 0.1) is 0 Å². The molecule has 17 heavy (non-hydrogen) atoms. The number of aliphatic hydroxyl groups excluding tert-OH is 2. The zero-order valence-electron chi connectivity index (χ0n) is 9.28. The second-order valence-electron chi connectivity index (χ2n) is 3.54. The lowest BCUT2D eigenvalue weighted by Gasteiger charge is -2.28. The van der Waals surface area contributed by atoms with Crippen LogP contribution in [0.5, 0.6) is 0 Å². The van der Waals surface area contributed by atoms with Gasteiger partial charge in [0.05, 0.1) is 19.1 Å². The third-order valence-corrected chi connectivity index (χ3v) is 3.44. The number of hydrogen-bond acceptors (Lipinski definition) is 5. The van der Waals surface area contributed by atoms with E-state index in [2.05, 4.69) is 0 Å². The lowest BCUT2D eigenvalue weighted by atomic mass is 10.3. The van der Waals surface area contributed by atoms with Gasteiger partial charge >= 0.3 is 12.0 Å². The van der Waals surface area contributed by atoms with Crippen LogP contribution in [0.3, 0.4) is 0 Å². The van der Waals surface area contributed by atoms with Crippen molar-refractivity contribution in [1.82, 2.24) is 9.80 Å². The number of rotatable bonds is 5. The van der Waals surface area contributed by atoms with Gasteiger partial charge in [0.15, 0.2) is 0 Å². The predicted octanol–water partition coefficient (Wildman–Crippen LogP) is -1.15. The molecule has 1 unspecified atom stereocenters. The van der Waals surface area contributed by atoms with Crippen LogP contribution < -0.4 is 0 Å². The van der Waals surface area contributed by atoms with E-state index in [1.165, 1.54) is 21.6 Å². The van der Waals surface area contributed by atoms with Crippen LogP contribution in [0.25, 0.3) is 0 Å². The highest BCUT2D eigenvalue weighted by molar-refractivity contribution is 7.99. The second-order valence-corrected chi connectivity index (χ2v) is 4.54. The van der Waals surface area contributed by atoms with Gasteiger partial charge in [-0.2, -0.15) is 0 Å². The van der Waals surface area contributed by atoms with Gasteiger partial charge in [0, 0.05) is 18.8 Å². The number of urea groups is 1. The Morgan fingerprint density at radius 3 is 2.35 bits per heavy atom. The third-order valence-electron chi connectivity index (χ3n) is 2.42. The lowest BCUT2D eigenvalue weighted by molar-refractivity contribution is -0.140. The van der Waals surface area contributed by atoms with E-state index in [0.29, 0.717) is 11.6 Å². The first kappa shape index (κ1) is 14.1. The molecule has 0 aromatic heterocycles. The van der Waals surface area contributed by atoms with E-state index in [1.807, 2.05) is 0 Å². The number of aliphatic hydroxyl groups is 2. The Bertz CT molecular complexity index is 283. The zero-order valence-corrected chi connectivity index (χ0v) is 10.1. The molecule has 1 aliphatic heterocycles. The van der Waals surface area contributed by atoms with Gasteiger partial charge in [0.1, 0.15) is 6.04 Å². The molecule has 98 valence electrons. The average Bonchev–Trinajstić information content (AvgIpc) is 2.76. The summed E-state index contributed by atoms with van der Waals surface area (Å²) in [5.41, 5.74) is 0. The third kappa shape index (κ3) is 3.48. The van der Waals surface area contributed by atoms with Gasteiger partial charge in [0.2, 0.25) is 0 Å². The van der Waals surface area contributed by atoms with Gasteiger partial charge in [-0.15, -0.1) is 11.8 Å².